The lowest BCUT2D eigenvalue weighted by atomic mass is 10.2. The lowest BCUT2D eigenvalue weighted by Gasteiger charge is -2.21. The number of nitrogens with one attached hydrogen (secondary N) is 1. The smallest absolute Gasteiger partial charge is 0.323 e. The van der Waals surface area contributed by atoms with Crippen molar-refractivity contribution >= 4 is 11.7 Å². The summed E-state index contributed by atoms with van der Waals surface area (Å²) in [5.41, 5.74) is 0.562. The average molecular weight is 154 g/mol. The van der Waals surface area contributed by atoms with Crippen molar-refractivity contribution in [3.05, 3.63) is 12.3 Å². The molecule has 0 atom stereocenters. The predicted octanol–water partition coefficient (Wildman–Crippen LogP) is 0.310. The summed E-state index contributed by atoms with van der Waals surface area (Å²) >= 11 is 0. The minimum atomic E-state index is -0.830. The fraction of sp³-hybridized carbons (Fsp3) is 0.429. The van der Waals surface area contributed by atoms with Crippen LogP contribution in [0, 0.1) is 5.41 Å². The molecule has 0 aliphatic carbocycles. The second kappa shape index (κ2) is 3.18. The molecule has 1 aliphatic rings. The number of hydrogen-bond donors (Lipinski definition) is 2. The summed E-state index contributed by atoms with van der Waals surface area (Å²) in [6, 6.07) is 0. The molecule has 0 bridgehead atoms. The van der Waals surface area contributed by atoms with Crippen LogP contribution in [0.4, 0.5) is 0 Å². The first-order chi connectivity index (χ1) is 5.18. The topological polar surface area (TPSA) is 64.4 Å². The Morgan fingerprint density at radius 2 is 2.55 bits per heavy atom. The Morgan fingerprint density at radius 3 is 3.00 bits per heavy atom. The summed E-state index contributed by atoms with van der Waals surface area (Å²) < 4.78 is 0. The number of carboxylic acids is 1. The van der Waals surface area contributed by atoms with E-state index in [4.69, 9.17) is 10.5 Å². The predicted molar refractivity (Wildman–Crippen MR) is 40.7 cm³/mol. The molecule has 0 radical (unpaired) electrons. The van der Waals surface area contributed by atoms with Crippen molar-refractivity contribution in [3.63, 3.8) is 0 Å². The van der Waals surface area contributed by atoms with E-state index in [0.29, 0.717) is 18.7 Å². The van der Waals surface area contributed by atoms with Gasteiger partial charge in [-0.2, -0.15) is 0 Å². The van der Waals surface area contributed by atoms with Gasteiger partial charge in [0.15, 0.2) is 0 Å². The molecule has 2 N–H and O–H groups in total. The Bertz CT molecular complexity index is 210. The largest absolute Gasteiger partial charge is 0.480 e. The highest BCUT2D eigenvalue weighted by atomic mass is 16.4. The van der Waals surface area contributed by atoms with Gasteiger partial charge in [0, 0.05) is 24.9 Å². The maximum Gasteiger partial charge on any atom is 0.323 e. The Labute approximate surface area is 64.6 Å². The minimum absolute atomic E-state index is 0.0315. The van der Waals surface area contributed by atoms with E-state index in [1.165, 1.54) is 0 Å². The van der Waals surface area contributed by atoms with Crippen molar-refractivity contribution in [2.75, 3.05) is 13.1 Å². The quantitative estimate of drug-likeness (QED) is 0.601. The third-order valence-electron chi connectivity index (χ3n) is 1.49. The molecule has 1 rings (SSSR count). The van der Waals surface area contributed by atoms with Gasteiger partial charge in [-0.15, -0.1) is 0 Å². The number of hydrogen-bond acceptors (Lipinski definition) is 3. The van der Waals surface area contributed by atoms with Crippen LogP contribution in [0.5, 0.6) is 0 Å². The monoisotopic (exact) mass is 154 g/mol. The summed E-state index contributed by atoms with van der Waals surface area (Å²) in [5, 5.41) is 15.6. The summed E-state index contributed by atoms with van der Waals surface area (Å²) in [5.74, 6) is -0.830. The highest BCUT2D eigenvalue weighted by molar-refractivity contribution is 5.93. The first kappa shape index (κ1) is 7.78. The van der Waals surface area contributed by atoms with Crippen LogP contribution in [0.25, 0.3) is 0 Å². The molecule has 0 unspecified atom stereocenters. The molecule has 4 heteroatoms. The van der Waals surface area contributed by atoms with E-state index in [1.807, 2.05) is 0 Å². The Morgan fingerprint density at radius 1 is 1.82 bits per heavy atom. The van der Waals surface area contributed by atoms with Gasteiger partial charge in [0.2, 0.25) is 0 Å². The summed E-state index contributed by atoms with van der Waals surface area (Å²) in [4.78, 5) is 11.9. The van der Waals surface area contributed by atoms with Crippen molar-refractivity contribution in [2.45, 2.75) is 6.42 Å². The highest BCUT2D eigenvalue weighted by Crippen LogP contribution is 2.01. The average Bonchev–Trinajstić information content (AvgIpc) is 1.93. The molecule has 1 aliphatic heterocycles. The van der Waals surface area contributed by atoms with Crippen LogP contribution in [-0.4, -0.2) is 34.8 Å². The maximum absolute atomic E-state index is 10.2. The molecule has 11 heavy (non-hydrogen) atoms. The van der Waals surface area contributed by atoms with Gasteiger partial charge in [-0.05, 0) is 6.08 Å². The number of carbonyl (C=O) groups is 1. The number of nitrogens with zero attached hydrogens (tertiary/aromatic N) is 1. The van der Waals surface area contributed by atoms with E-state index < -0.39 is 5.97 Å². The van der Waals surface area contributed by atoms with Crippen molar-refractivity contribution in [1.29, 1.82) is 5.41 Å². The molecule has 0 saturated heterocycles. The van der Waals surface area contributed by atoms with Crippen LogP contribution < -0.4 is 0 Å². The maximum atomic E-state index is 10.2. The third-order valence-corrected chi connectivity index (χ3v) is 1.49. The summed E-state index contributed by atoms with van der Waals surface area (Å²) in [6.07, 6.45) is 3.93. The standard InChI is InChI=1S/C7H10N2O2/c8-6-1-3-9(4-2-6)5-7(10)11/h1,3,8H,2,4-5H2,(H,10,11). The molecule has 0 aromatic rings. The molecule has 0 saturated carbocycles. The first-order valence-corrected chi connectivity index (χ1v) is 3.40. The molecular formula is C7H10N2O2. The van der Waals surface area contributed by atoms with Gasteiger partial charge < -0.3 is 15.4 Å². The zero-order valence-electron chi connectivity index (χ0n) is 6.08. The molecule has 0 aromatic heterocycles. The Balaban J connectivity index is 2.44. The zero-order valence-corrected chi connectivity index (χ0v) is 6.08. The van der Waals surface area contributed by atoms with Crippen molar-refractivity contribution in [1.82, 2.24) is 4.90 Å². The number of aliphatic carboxylic acids is 1. The SMILES string of the molecule is N=C1C=CN(CC(=O)O)CC1. The first-order valence-electron chi connectivity index (χ1n) is 3.40. The lowest BCUT2D eigenvalue weighted by Crippen LogP contribution is -2.29. The molecule has 0 amide bonds. The van der Waals surface area contributed by atoms with Crippen LogP contribution in [-0.2, 0) is 4.79 Å². The Hall–Kier alpha value is -1.32. The van der Waals surface area contributed by atoms with Gasteiger partial charge in [0.1, 0.15) is 6.54 Å². The molecule has 0 aromatic carbocycles. The zero-order chi connectivity index (χ0) is 8.27. The fourth-order valence-corrected chi connectivity index (χ4v) is 0.923. The number of allylic oxidation sites excluding steroid dienone is 1. The third kappa shape index (κ3) is 2.41. The van der Waals surface area contributed by atoms with Crippen LogP contribution in [0.1, 0.15) is 6.42 Å². The normalized spacial score (nSPS) is 17.1. The van der Waals surface area contributed by atoms with Crippen LogP contribution >= 0.6 is 0 Å². The molecule has 1 heterocycles. The van der Waals surface area contributed by atoms with Crippen LogP contribution in [0.2, 0.25) is 0 Å². The number of carboxylic acid groups (broad SMARTS) is 1. The summed E-state index contributed by atoms with van der Waals surface area (Å²) in [6.45, 7) is 0.672. The van der Waals surface area contributed by atoms with Crippen molar-refractivity contribution in [3.8, 4) is 0 Å². The lowest BCUT2D eigenvalue weighted by molar-refractivity contribution is -0.137. The summed E-state index contributed by atoms with van der Waals surface area (Å²) in [7, 11) is 0. The van der Waals surface area contributed by atoms with E-state index >= 15 is 0 Å². The molecule has 4 nitrogen and oxygen atoms in total. The molecule has 60 valence electrons. The van der Waals surface area contributed by atoms with Crippen LogP contribution in [0.3, 0.4) is 0 Å². The van der Waals surface area contributed by atoms with Crippen molar-refractivity contribution in [2.24, 2.45) is 0 Å². The minimum Gasteiger partial charge on any atom is -0.480 e. The van der Waals surface area contributed by atoms with Gasteiger partial charge in [-0.3, -0.25) is 4.79 Å². The van der Waals surface area contributed by atoms with Gasteiger partial charge in [-0.1, -0.05) is 0 Å². The van der Waals surface area contributed by atoms with E-state index in [9.17, 15) is 4.79 Å². The fourth-order valence-electron chi connectivity index (χ4n) is 0.923. The van der Waals surface area contributed by atoms with Crippen molar-refractivity contribution < 1.29 is 9.90 Å². The van der Waals surface area contributed by atoms with Gasteiger partial charge in [-0.25, -0.2) is 0 Å². The van der Waals surface area contributed by atoms with Gasteiger partial charge in [0.05, 0.1) is 0 Å². The van der Waals surface area contributed by atoms with Gasteiger partial charge in [0.25, 0.3) is 0 Å². The second-order valence-corrected chi connectivity index (χ2v) is 2.46. The molecule has 0 fully saturated rings. The van der Waals surface area contributed by atoms with Gasteiger partial charge >= 0.3 is 5.97 Å². The number of rotatable bonds is 2. The second-order valence-electron chi connectivity index (χ2n) is 2.46. The molecule has 0 spiro atoms. The van der Waals surface area contributed by atoms with E-state index in [-0.39, 0.29) is 6.54 Å². The Kier molecular flexibility index (Phi) is 2.25. The van der Waals surface area contributed by atoms with E-state index in [1.54, 1.807) is 17.2 Å². The highest BCUT2D eigenvalue weighted by Gasteiger charge is 2.09. The van der Waals surface area contributed by atoms with Crippen LogP contribution in [0.15, 0.2) is 12.3 Å². The van der Waals surface area contributed by atoms with E-state index in [2.05, 4.69) is 0 Å². The van der Waals surface area contributed by atoms with E-state index in [0.717, 1.165) is 0 Å². The molecular weight excluding hydrogens is 144 g/mol.